The van der Waals surface area contributed by atoms with Gasteiger partial charge in [0.1, 0.15) is 5.75 Å². The second kappa shape index (κ2) is 8.00. The molecule has 2 rings (SSSR count). The van der Waals surface area contributed by atoms with Gasteiger partial charge in [0.25, 0.3) is 0 Å². The Morgan fingerprint density at radius 2 is 1.79 bits per heavy atom. The van der Waals surface area contributed by atoms with Crippen molar-refractivity contribution in [3.05, 3.63) is 64.2 Å². The van der Waals surface area contributed by atoms with Crippen molar-refractivity contribution in [1.29, 1.82) is 0 Å². The predicted molar refractivity (Wildman–Crippen MR) is 98.5 cm³/mol. The molecule has 0 unspecified atom stereocenters. The molecule has 0 aromatic heterocycles. The van der Waals surface area contributed by atoms with Crippen molar-refractivity contribution in [2.75, 3.05) is 7.11 Å². The van der Waals surface area contributed by atoms with Crippen LogP contribution >= 0.6 is 0 Å². The van der Waals surface area contributed by atoms with Crippen molar-refractivity contribution in [1.82, 2.24) is 5.32 Å². The average molecular weight is 325 g/mol. The summed E-state index contributed by atoms with van der Waals surface area (Å²) in [5.74, 6) is 0.959. The third kappa shape index (κ3) is 4.60. The number of carbonyl (C=O) groups excluding carboxylic acids is 1. The molecule has 1 atom stereocenters. The van der Waals surface area contributed by atoms with Crippen LogP contribution in [0, 0.1) is 20.8 Å². The minimum atomic E-state index is 0.0226. The number of carbonyl (C=O) groups is 1. The van der Waals surface area contributed by atoms with Crippen LogP contribution in [0.2, 0.25) is 0 Å². The van der Waals surface area contributed by atoms with Crippen molar-refractivity contribution in [2.45, 2.75) is 46.6 Å². The Kier molecular flexibility index (Phi) is 6.02. The number of rotatable bonds is 6. The standard InChI is InChI=1S/C21H27NO2/c1-14-6-9-19(13-15(14)2)17(4)22-21(23)11-8-18-7-10-20(24-5)16(3)12-18/h6-7,9-10,12-13,17H,8,11H2,1-5H3,(H,22,23)/t17-/m1/s1. The lowest BCUT2D eigenvalue weighted by Gasteiger charge is -2.16. The van der Waals surface area contributed by atoms with Crippen LogP contribution in [0.3, 0.4) is 0 Å². The summed E-state index contributed by atoms with van der Waals surface area (Å²) in [6, 6.07) is 12.4. The number of amides is 1. The molecule has 0 radical (unpaired) electrons. The van der Waals surface area contributed by atoms with Crippen LogP contribution in [-0.4, -0.2) is 13.0 Å². The Morgan fingerprint density at radius 3 is 2.42 bits per heavy atom. The third-order valence-corrected chi connectivity index (χ3v) is 4.51. The van der Waals surface area contributed by atoms with Gasteiger partial charge in [-0.15, -0.1) is 0 Å². The van der Waals surface area contributed by atoms with E-state index in [9.17, 15) is 4.79 Å². The molecule has 0 spiro atoms. The topological polar surface area (TPSA) is 38.3 Å². The quantitative estimate of drug-likeness (QED) is 0.853. The zero-order valence-corrected chi connectivity index (χ0v) is 15.3. The number of hydrogen-bond donors (Lipinski definition) is 1. The second-order valence-electron chi connectivity index (χ2n) is 6.44. The minimum absolute atomic E-state index is 0.0226. The third-order valence-electron chi connectivity index (χ3n) is 4.51. The van der Waals surface area contributed by atoms with Gasteiger partial charge in [0.2, 0.25) is 5.91 Å². The van der Waals surface area contributed by atoms with E-state index in [1.54, 1.807) is 7.11 Å². The summed E-state index contributed by atoms with van der Waals surface area (Å²) in [4.78, 5) is 12.2. The molecule has 0 aliphatic carbocycles. The Morgan fingerprint density at radius 1 is 1.04 bits per heavy atom. The van der Waals surface area contributed by atoms with E-state index in [1.165, 1.54) is 11.1 Å². The summed E-state index contributed by atoms with van der Waals surface area (Å²) < 4.78 is 5.27. The summed E-state index contributed by atoms with van der Waals surface area (Å²) in [6.07, 6.45) is 1.22. The average Bonchev–Trinajstić information content (AvgIpc) is 2.55. The predicted octanol–water partition coefficient (Wildman–Crippen LogP) is 4.43. The molecule has 0 bridgehead atoms. The summed E-state index contributed by atoms with van der Waals surface area (Å²) in [5.41, 5.74) is 5.92. The fraction of sp³-hybridized carbons (Fsp3) is 0.381. The summed E-state index contributed by atoms with van der Waals surface area (Å²) in [5, 5.41) is 3.09. The van der Waals surface area contributed by atoms with Crippen molar-refractivity contribution in [3.8, 4) is 5.75 Å². The highest BCUT2D eigenvalue weighted by atomic mass is 16.5. The van der Waals surface area contributed by atoms with E-state index in [2.05, 4.69) is 43.4 Å². The summed E-state index contributed by atoms with van der Waals surface area (Å²) in [6.45, 7) is 8.24. The normalized spacial score (nSPS) is 11.9. The lowest BCUT2D eigenvalue weighted by atomic mass is 10.0. The molecule has 1 N–H and O–H groups in total. The largest absolute Gasteiger partial charge is 0.496 e. The first-order valence-corrected chi connectivity index (χ1v) is 8.40. The Labute approximate surface area is 145 Å². The van der Waals surface area contributed by atoms with E-state index >= 15 is 0 Å². The first-order valence-electron chi connectivity index (χ1n) is 8.40. The maximum atomic E-state index is 12.2. The number of ether oxygens (including phenoxy) is 1. The van der Waals surface area contributed by atoms with Crippen molar-refractivity contribution < 1.29 is 9.53 Å². The molecule has 128 valence electrons. The molecule has 1 amide bonds. The first-order chi connectivity index (χ1) is 11.4. The van der Waals surface area contributed by atoms with Crippen molar-refractivity contribution >= 4 is 5.91 Å². The van der Waals surface area contributed by atoms with Gasteiger partial charge in [0.05, 0.1) is 13.2 Å². The van der Waals surface area contributed by atoms with Crippen molar-refractivity contribution in [2.24, 2.45) is 0 Å². The Balaban J connectivity index is 1.90. The highest BCUT2D eigenvalue weighted by Crippen LogP contribution is 2.20. The Hall–Kier alpha value is -2.29. The highest BCUT2D eigenvalue weighted by Gasteiger charge is 2.11. The number of hydrogen-bond acceptors (Lipinski definition) is 2. The van der Waals surface area contributed by atoms with Gasteiger partial charge < -0.3 is 10.1 Å². The second-order valence-corrected chi connectivity index (χ2v) is 6.44. The summed E-state index contributed by atoms with van der Waals surface area (Å²) >= 11 is 0. The molecule has 3 heteroatoms. The molecule has 0 saturated carbocycles. The van der Waals surface area contributed by atoms with Gasteiger partial charge in [-0.1, -0.05) is 30.3 Å². The van der Waals surface area contributed by atoms with E-state index in [-0.39, 0.29) is 11.9 Å². The minimum Gasteiger partial charge on any atom is -0.496 e. The van der Waals surface area contributed by atoms with Crippen LogP contribution in [0.4, 0.5) is 0 Å². The van der Waals surface area contributed by atoms with Crippen LogP contribution in [0.5, 0.6) is 5.75 Å². The van der Waals surface area contributed by atoms with E-state index in [4.69, 9.17) is 4.74 Å². The lowest BCUT2D eigenvalue weighted by molar-refractivity contribution is -0.121. The molecule has 0 heterocycles. The monoisotopic (exact) mass is 325 g/mol. The molecular weight excluding hydrogens is 298 g/mol. The Bertz CT molecular complexity index is 722. The van der Waals surface area contributed by atoms with Gasteiger partial charge in [-0.2, -0.15) is 0 Å². The number of aryl methyl sites for hydroxylation is 4. The van der Waals surface area contributed by atoms with E-state index in [0.717, 1.165) is 28.9 Å². The maximum absolute atomic E-state index is 12.2. The fourth-order valence-electron chi connectivity index (χ4n) is 2.78. The van der Waals surface area contributed by atoms with Crippen LogP contribution in [-0.2, 0) is 11.2 Å². The lowest BCUT2D eigenvalue weighted by Crippen LogP contribution is -2.26. The molecular formula is C21H27NO2. The van der Waals surface area contributed by atoms with E-state index < -0.39 is 0 Å². The number of benzene rings is 2. The number of methoxy groups -OCH3 is 1. The van der Waals surface area contributed by atoms with Crippen molar-refractivity contribution in [3.63, 3.8) is 0 Å². The van der Waals surface area contributed by atoms with Crippen LogP contribution in [0.1, 0.15) is 47.2 Å². The smallest absolute Gasteiger partial charge is 0.220 e. The molecule has 0 saturated heterocycles. The molecule has 0 fully saturated rings. The zero-order chi connectivity index (χ0) is 17.7. The van der Waals surface area contributed by atoms with Gasteiger partial charge >= 0.3 is 0 Å². The van der Waals surface area contributed by atoms with Gasteiger partial charge in [0.15, 0.2) is 0 Å². The molecule has 0 aliphatic heterocycles. The molecule has 3 nitrogen and oxygen atoms in total. The molecule has 2 aromatic carbocycles. The molecule has 2 aromatic rings. The fourth-order valence-corrected chi connectivity index (χ4v) is 2.78. The van der Waals surface area contributed by atoms with Gasteiger partial charge in [-0.25, -0.2) is 0 Å². The number of nitrogens with one attached hydrogen (secondary N) is 1. The van der Waals surface area contributed by atoms with E-state index in [1.807, 2.05) is 26.0 Å². The van der Waals surface area contributed by atoms with Gasteiger partial charge in [-0.05, 0) is 68.0 Å². The van der Waals surface area contributed by atoms with Gasteiger partial charge in [0, 0.05) is 6.42 Å². The van der Waals surface area contributed by atoms with Gasteiger partial charge in [-0.3, -0.25) is 4.79 Å². The zero-order valence-electron chi connectivity index (χ0n) is 15.3. The highest BCUT2D eigenvalue weighted by molar-refractivity contribution is 5.76. The maximum Gasteiger partial charge on any atom is 0.220 e. The molecule has 0 aliphatic rings. The summed E-state index contributed by atoms with van der Waals surface area (Å²) in [7, 11) is 1.67. The van der Waals surface area contributed by atoms with E-state index in [0.29, 0.717) is 6.42 Å². The van der Waals surface area contributed by atoms with Crippen LogP contribution in [0.25, 0.3) is 0 Å². The SMILES string of the molecule is COc1ccc(CCC(=O)N[C@H](C)c2ccc(C)c(C)c2)cc1C. The van der Waals surface area contributed by atoms with Crippen LogP contribution in [0.15, 0.2) is 36.4 Å². The van der Waals surface area contributed by atoms with Crippen LogP contribution < -0.4 is 10.1 Å². The molecule has 24 heavy (non-hydrogen) atoms. The first kappa shape index (κ1) is 18.1.